The molecule has 0 aliphatic heterocycles. The molecule has 0 radical (unpaired) electrons. The number of hydrogen-bond acceptors (Lipinski definition) is 1. The number of phenols is 1. The van der Waals surface area contributed by atoms with Gasteiger partial charge in [0.2, 0.25) is 0 Å². The van der Waals surface area contributed by atoms with E-state index in [0.717, 1.165) is 11.1 Å². The van der Waals surface area contributed by atoms with Gasteiger partial charge in [-0.05, 0) is 23.0 Å². The van der Waals surface area contributed by atoms with E-state index in [1.54, 1.807) is 0 Å². The summed E-state index contributed by atoms with van der Waals surface area (Å²) in [5.41, 5.74) is 2.09. The largest absolute Gasteiger partial charge is 0.507 e. The molecular weight excluding hydrogens is 287 g/mol. The van der Waals surface area contributed by atoms with Crippen molar-refractivity contribution in [1.29, 1.82) is 0 Å². The van der Waals surface area contributed by atoms with Crippen LogP contribution in [0.2, 0.25) is 0 Å². The van der Waals surface area contributed by atoms with Crippen LogP contribution in [0, 0.1) is 0 Å². The summed E-state index contributed by atoms with van der Waals surface area (Å²) in [6, 6.07) is 6.00. The van der Waals surface area contributed by atoms with E-state index in [4.69, 9.17) is 0 Å². The summed E-state index contributed by atoms with van der Waals surface area (Å²) < 4.78 is 0. The lowest BCUT2D eigenvalue weighted by Crippen LogP contribution is -1.94. The van der Waals surface area contributed by atoms with Crippen LogP contribution in [-0.2, 0) is 0 Å². The van der Waals surface area contributed by atoms with Crippen LogP contribution < -0.4 is 0 Å². The van der Waals surface area contributed by atoms with E-state index in [1.165, 1.54) is 0 Å². The Kier molecular flexibility index (Phi) is 5.49. The van der Waals surface area contributed by atoms with Crippen LogP contribution in [0.4, 0.5) is 0 Å². The van der Waals surface area contributed by atoms with E-state index in [0.29, 0.717) is 17.6 Å². The minimum absolute atomic E-state index is 0. The lowest BCUT2D eigenvalue weighted by molar-refractivity contribution is 0.454. The van der Waals surface area contributed by atoms with Gasteiger partial charge in [-0.25, -0.2) is 0 Å². The monoisotopic (exact) mass is 306 g/mol. The van der Waals surface area contributed by atoms with Crippen molar-refractivity contribution in [2.75, 3.05) is 0 Å². The number of aromatic hydroxyl groups is 1. The fourth-order valence-corrected chi connectivity index (χ4v) is 1.51. The molecule has 1 nitrogen and oxygen atoms in total. The molecule has 0 spiro atoms. The van der Waals surface area contributed by atoms with Crippen LogP contribution in [0.1, 0.15) is 50.7 Å². The average molecular weight is 306 g/mol. The molecule has 0 fully saturated rings. The van der Waals surface area contributed by atoms with Gasteiger partial charge in [0.25, 0.3) is 0 Å². The van der Waals surface area contributed by atoms with Crippen LogP contribution in [0.15, 0.2) is 18.2 Å². The van der Waals surface area contributed by atoms with E-state index in [2.05, 4.69) is 27.7 Å². The van der Waals surface area contributed by atoms with Crippen molar-refractivity contribution in [1.82, 2.24) is 0 Å². The molecule has 1 N–H and O–H groups in total. The molecule has 1 aromatic rings. The van der Waals surface area contributed by atoms with Gasteiger partial charge in [-0.2, -0.15) is 0 Å². The molecule has 0 amide bonds. The number of benzene rings is 1. The van der Waals surface area contributed by atoms with E-state index >= 15 is 0 Å². The topological polar surface area (TPSA) is 20.2 Å². The van der Waals surface area contributed by atoms with E-state index in [1.807, 2.05) is 18.2 Å². The Balaban J connectivity index is 0.00000169. The van der Waals surface area contributed by atoms with E-state index < -0.39 is 0 Å². The van der Waals surface area contributed by atoms with Gasteiger partial charge in [-0.1, -0.05) is 45.9 Å². The summed E-state index contributed by atoms with van der Waals surface area (Å²) in [6.45, 7) is 8.39. The fourth-order valence-electron chi connectivity index (χ4n) is 1.51. The lowest BCUT2D eigenvalue weighted by atomic mass is 9.94. The molecule has 2 heteroatoms. The van der Waals surface area contributed by atoms with Crippen LogP contribution in [0.3, 0.4) is 0 Å². The van der Waals surface area contributed by atoms with Crippen molar-refractivity contribution in [3.05, 3.63) is 29.3 Å². The van der Waals surface area contributed by atoms with Crippen molar-refractivity contribution in [3.63, 3.8) is 0 Å². The molecular formula is C12H19IO. The molecule has 1 aromatic carbocycles. The molecule has 0 heterocycles. The minimum Gasteiger partial charge on any atom is -0.507 e. The fraction of sp³-hybridized carbons (Fsp3) is 0.500. The third-order valence-electron chi connectivity index (χ3n) is 2.34. The molecule has 14 heavy (non-hydrogen) atoms. The maximum atomic E-state index is 9.93. The van der Waals surface area contributed by atoms with Gasteiger partial charge in [-0.3, -0.25) is 0 Å². The van der Waals surface area contributed by atoms with Gasteiger partial charge < -0.3 is 5.11 Å². The van der Waals surface area contributed by atoms with Crippen LogP contribution >= 0.6 is 24.0 Å². The number of halogens is 1. The molecule has 0 saturated carbocycles. The highest BCUT2D eigenvalue weighted by atomic mass is 127. The second-order valence-corrected chi connectivity index (χ2v) is 4.09. The first kappa shape index (κ1) is 13.8. The summed E-state index contributed by atoms with van der Waals surface area (Å²) in [7, 11) is 0. The van der Waals surface area contributed by atoms with Crippen LogP contribution in [0.25, 0.3) is 0 Å². The normalized spacial score (nSPS) is 10.4. The second kappa shape index (κ2) is 5.59. The number of rotatable bonds is 2. The second-order valence-electron chi connectivity index (χ2n) is 4.09. The Bertz CT molecular complexity index is 266. The Morgan fingerprint density at radius 1 is 0.929 bits per heavy atom. The first-order valence-corrected chi connectivity index (χ1v) is 4.85. The maximum Gasteiger partial charge on any atom is 0.122 e. The van der Waals surface area contributed by atoms with Crippen molar-refractivity contribution < 1.29 is 5.11 Å². The van der Waals surface area contributed by atoms with Gasteiger partial charge in [0.1, 0.15) is 5.75 Å². The molecule has 0 bridgehead atoms. The first-order chi connectivity index (χ1) is 6.04. The van der Waals surface area contributed by atoms with Crippen molar-refractivity contribution in [2.45, 2.75) is 39.5 Å². The number of para-hydroxylation sites is 1. The van der Waals surface area contributed by atoms with Crippen molar-refractivity contribution in [3.8, 4) is 5.75 Å². The molecule has 0 saturated heterocycles. The van der Waals surface area contributed by atoms with Gasteiger partial charge in [0.15, 0.2) is 0 Å². The molecule has 0 unspecified atom stereocenters. The summed E-state index contributed by atoms with van der Waals surface area (Å²) >= 11 is 0. The van der Waals surface area contributed by atoms with Crippen molar-refractivity contribution >= 4 is 24.0 Å². The zero-order chi connectivity index (χ0) is 10.0. The van der Waals surface area contributed by atoms with Gasteiger partial charge >= 0.3 is 0 Å². The average Bonchev–Trinajstić information content (AvgIpc) is 2.03. The third kappa shape index (κ3) is 2.87. The van der Waals surface area contributed by atoms with Crippen molar-refractivity contribution in [2.24, 2.45) is 0 Å². The minimum atomic E-state index is 0. The predicted octanol–water partition coefficient (Wildman–Crippen LogP) is 4.26. The van der Waals surface area contributed by atoms with Crippen LogP contribution in [0.5, 0.6) is 5.75 Å². The maximum absolute atomic E-state index is 9.93. The summed E-state index contributed by atoms with van der Waals surface area (Å²) in [6.07, 6.45) is 0. The van der Waals surface area contributed by atoms with Gasteiger partial charge in [-0.15, -0.1) is 24.0 Å². The summed E-state index contributed by atoms with van der Waals surface area (Å²) in [5, 5.41) is 9.93. The van der Waals surface area contributed by atoms with Gasteiger partial charge in [0, 0.05) is 0 Å². The Morgan fingerprint density at radius 2 is 1.29 bits per heavy atom. The highest BCUT2D eigenvalue weighted by Crippen LogP contribution is 2.32. The predicted molar refractivity (Wildman–Crippen MR) is 71.7 cm³/mol. The Hall–Kier alpha value is -0.250. The number of hydrogen-bond donors (Lipinski definition) is 1. The van der Waals surface area contributed by atoms with E-state index in [9.17, 15) is 5.11 Å². The molecule has 0 atom stereocenters. The first-order valence-electron chi connectivity index (χ1n) is 4.85. The molecule has 0 aliphatic rings. The molecule has 0 aromatic heterocycles. The Morgan fingerprint density at radius 3 is 1.57 bits per heavy atom. The highest BCUT2D eigenvalue weighted by Gasteiger charge is 2.11. The number of phenolic OH excluding ortho intramolecular Hbond substituents is 1. The van der Waals surface area contributed by atoms with Crippen LogP contribution in [-0.4, -0.2) is 5.11 Å². The highest BCUT2D eigenvalue weighted by molar-refractivity contribution is 14.0. The zero-order valence-electron chi connectivity index (χ0n) is 9.24. The lowest BCUT2D eigenvalue weighted by Gasteiger charge is -2.14. The molecule has 1 rings (SSSR count). The summed E-state index contributed by atoms with van der Waals surface area (Å²) in [5.74, 6) is 1.25. The quantitative estimate of drug-likeness (QED) is 0.810. The zero-order valence-corrected chi connectivity index (χ0v) is 11.6. The Labute approximate surface area is 104 Å². The van der Waals surface area contributed by atoms with Gasteiger partial charge in [0.05, 0.1) is 0 Å². The third-order valence-corrected chi connectivity index (χ3v) is 2.34. The SMILES string of the molecule is CC(C)c1cccc(C(C)C)c1O.I. The molecule has 0 aliphatic carbocycles. The molecule has 80 valence electrons. The standard InChI is InChI=1S/C12H18O.HI/c1-8(2)10-6-5-7-11(9(3)4)12(10)13;/h5-9,13H,1-4H3;1H. The summed E-state index contributed by atoms with van der Waals surface area (Å²) in [4.78, 5) is 0. The smallest absolute Gasteiger partial charge is 0.122 e. The van der Waals surface area contributed by atoms with E-state index in [-0.39, 0.29) is 24.0 Å².